The van der Waals surface area contributed by atoms with Gasteiger partial charge in [0.25, 0.3) is 0 Å². The van der Waals surface area contributed by atoms with E-state index in [9.17, 15) is 9.59 Å². The van der Waals surface area contributed by atoms with E-state index in [4.69, 9.17) is 0 Å². The van der Waals surface area contributed by atoms with E-state index in [2.05, 4.69) is 10.6 Å². The van der Waals surface area contributed by atoms with Gasteiger partial charge in [0.2, 0.25) is 11.8 Å². The number of nitrogens with zero attached hydrogens (tertiary/aromatic N) is 1. The molecular weight excluding hydrogens is 266 g/mol. The van der Waals surface area contributed by atoms with Crippen LogP contribution in [0, 0.1) is 0 Å². The molecule has 2 atom stereocenters. The standard InChI is InChI=1S/C16H21N3O2/c1-11(20)18-12-5-4-8-19(10-12)16(21)14-9-17-15-7-3-2-6-13(14)15/h2-3,6-7,12,14,17H,4-5,8-10H2,1H3,(H,18,20). The van der Waals surface area contributed by atoms with Crippen LogP contribution in [-0.2, 0) is 9.59 Å². The largest absolute Gasteiger partial charge is 0.384 e. The van der Waals surface area contributed by atoms with Gasteiger partial charge < -0.3 is 15.5 Å². The van der Waals surface area contributed by atoms with Crippen LogP contribution in [0.4, 0.5) is 5.69 Å². The van der Waals surface area contributed by atoms with E-state index in [1.165, 1.54) is 6.92 Å². The molecule has 0 aliphatic carbocycles. The van der Waals surface area contributed by atoms with Crippen LogP contribution in [0.1, 0.15) is 31.2 Å². The van der Waals surface area contributed by atoms with Crippen molar-refractivity contribution < 1.29 is 9.59 Å². The number of amides is 2. The maximum absolute atomic E-state index is 12.8. The van der Waals surface area contributed by atoms with E-state index in [1.54, 1.807) is 0 Å². The Bertz CT molecular complexity index is 558. The minimum absolute atomic E-state index is 0.0258. The van der Waals surface area contributed by atoms with Crippen molar-refractivity contribution in [3.05, 3.63) is 29.8 Å². The van der Waals surface area contributed by atoms with Gasteiger partial charge in [-0.25, -0.2) is 0 Å². The van der Waals surface area contributed by atoms with Crippen LogP contribution in [-0.4, -0.2) is 42.4 Å². The van der Waals surface area contributed by atoms with Crippen LogP contribution < -0.4 is 10.6 Å². The second-order valence-corrected chi connectivity index (χ2v) is 5.84. The number of carbonyl (C=O) groups excluding carboxylic acids is 2. The Labute approximate surface area is 124 Å². The first-order chi connectivity index (χ1) is 10.1. The number of anilines is 1. The summed E-state index contributed by atoms with van der Waals surface area (Å²) < 4.78 is 0. The summed E-state index contributed by atoms with van der Waals surface area (Å²) in [4.78, 5) is 25.9. The van der Waals surface area contributed by atoms with Gasteiger partial charge in [0.1, 0.15) is 0 Å². The number of rotatable bonds is 2. The highest BCUT2D eigenvalue weighted by molar-refractivity contribution is 5.88. The van der Waals surface area contributed by atoms with Gasteiger partial charge in [0.15, 0.2) is 0 Å². The molecule has 2 aliphatic rings. The molecule has 2 N–H and O–H groups in total. The molecule has 0 saturated carbocycles. The number of piperidine rings is 1. The summed E-state index contributed by atoms with van der Waals surface area (Å²) in [6, 6.07) is 8.07. The van der Waals surface area contributed by atoms with Gasteiger partial charge in [-0.05, 0) is 24.5 Å². The zero-order chi connectivity index (χ0) is 14.8. The van der Waals surface area contributed by atoms with Crippen LogP contribution >= 0.6 is 0 Å². The number of likely N-dealkylation sites (tertiary alicyclic amines) is 1. The number of para-hydroxylation sites is 1. The molecule has 5 nitrogen and oxygen atoms in total. The lowest BCUT2D eigenvalue weighted by Crippen LogP contribution is -2.50. The summed E-state index contributed by atoms with van der Waals surface area (Å²) in [6.07, 6.45) is 1.89. The van der Waals surface area contributed by atoms with Crippen molar-refractivity contribution >= 4 is 17.5 Å². The van der Waals surface area contributed by atoms with E-state index in [0.717, 1.165) is 30.6 Å². The number of fused-ring (bicyclic) bond motifs is 1. The highest BCUT2D eigenvalue weighted by Gasteiger charge is 2.33. The van der Waals surface area contributed by atoms with E-state index < -0.39 is 0 Å². The SMILES string of the molecule is CC(=O)NC1CCCN(C(=O)C2CNc3ccccc32)C1. The fraction of sp³-hybridized carbons (Fsp3) is 0.500. The van der Waals surface area contributed by atoms with Crippen molar-refractivity contribution in [3.63, 3.8) is 0 Å². The summed E-state index contributed by atoms with van der Waals surface area (Å²) in [7, 11) is 0. The second-order valence-electron chi connectivity index (χ2n) is 5.84. The first-order valence-electron chi connectivity index (χ1n) is 7.54. The van der Waals surface area contributed by atoms with E-state index >= 15 is 0 Å². The van der Waals surface area contributed by atoms with Crippen molar-refractivity contribution in [2.24, 2.45) is 0 Å². The van der Waals surface area contributed by atoms with Gasteiger partial charge in [-0.3, -0.25) is 9.59 Å². The molecule has 0 bridgehead atoms. The lowest BCUT2D eigenvalue weighted by Gasteiger charge is -2.34. The highest BCUT2D eigenvalue weighted by atomic mass is 16.2. The predicted octanol–water partition coefficient (Wildman–Crippen LogP) is 1.32. The van der Waals surface area contributed by atoms with Gasteiger partial charge >= 0.3 is 0 Å². The molecule has 3 rings (SSSR count). The first-order valence-corrected chi connectivity index (χ1v) is 7.54. The number of benzene rings is 1. The van der Waals surface area contributed by atoms with Crippen LogP contribution in [0.2, 0.25) is 0 Å². The molecule has 2 heterocycles. The fourth-order valence-electron chi connectivity index (χ4n) is 3.31. The van der Waals surface area contributed by atoms with Crippen molar-refractivity contribution in [1.82, 2.24) is 10.2 Å². The molecule has 5 heteroatoms. The Morgan fingerprint density at radius 1 is 1.33 bits per heavy atom. The molecular formula is C16H21N3O2. The molecule has 0 aromatic heterocycles. The Kier molecular flexibility index (Phi) is 3.82. The smallest absolute Gasteiger partial charge is 0.232 e. The lowest BCUT2D eigenvalue weighted by atomic mass is 9.97. The van der Waals surface area contributed by atoms with E-state index in [-0.39, 0.29) is 23.8 Å². The van der Waals surface area contributed by atoms with Crippen LogP contribution in [0.25, 0.3) is 0 Å². The van der Waals surface area contributed by atoms with Crippen molar-refractivity contribution in [3.8, 4) is 0 Å². The van der Waals surface area contributed by atoms with Crippen molar-refractivity contribution in [1.29, 1.82) is 0 Å². The molecule has 112 valence electrons. The maximum atomic E-state index is 12.8. The van der Waals surface area contributed by atoms with E-state index in [0.29, 0.717) is 13.1 Å². The second kappa shape index (κ2) is 5.76. The Morgan fingerprint density at radius 3 is 2.95 bits per heavy atom. The Balaban J connectivity index is 1.70. The molecule has 0 radical (unpaired) electrons. The van der Waals surface area contributed by atoms with Crippen LogP contribution in [0.15, 0.2) is 24.3 Å². The molecule has 2 amide bonds. The normalized spacial score (nSPS) is 24.1. The van der Waals surface area contributed by atoms with Crippen molar-refractivity contribution in [2.75, 3.05) is 25.0 Å². The third-order valence-electron chi connectivity index (χ3n) is 4.27. The average Bonchev–Trinajstić information content (AvgIpc) is 2.90. The number of nitrogens with one attached hydrogen (secondary N) is 2. The average molecular weight is 287 g/mol. The summed E-state index contributed by atoms with van der Waals surface area (Å²) in [6.45, 7) is 3.60. The summed E-state index contributed by atoms with van der Waals surface area (Å²) in [5.74, 6) is 0.0435. The van der Waals surface area contributed by atoms with Gasteiger partial charge in [-0.1, -0.05) is 18.2 Å². The van der Waals surface area contributed by atoms with Crippen molar-refractivity contribution in [2.45, 2.75) is 31.7 Å². The molecule has 1 aromatic rings. The first kappa shape index (κ1) is 13.9. The summed E-state index contributed by atoms with van der Waals surface area (Å²) >= 11 is 0. The van der Waals surface area contributed by atoms with Gasteiger partial charge in [0, 0.05) is 38.3 Å². The van der Waals surface area contributed by atoms with Crippen LogP contribution in [0.3, 0.4) is 0 Å². The number of hydrogen-bond donors (Lipinski definition) is 2. The molecule has 2 unspecified atom stereocenters. The maximum Gasteiger partial charge on any atom is 0.232 e. The van der Waals surface area contributed by atoms with Gasteiger partial charge in [-0.15, -0.1) is 0 Å². The molecule has 21 heavy (non-hydrogen) atoms. The third kappa shape index (κ3) is 2.86. The third-order valence-corrected chi connectivity index (χ3v) is 4.27. The molecule has 1 fully saturated rings. The van der Waals surface area contributed by atoms with E-state index in [1.807, 2.05) is 29.2 Å². The lowest BCUT2D eigenvalue weighted by molar-refractivity contribution is -0.134. The Hall–Kier alpha value is -2.04. The zero-order valence-corrected chi connectivity index (χ0v) is 12.3. The molecule has 2 aliphatic heterocycles. The number of carbonyl (C=O) groups is 2. The molecule has 0 spiro atoms. The minimum Gasteiger partial charge on any atom is -0.384 e. The van der Waals surface area contributed by atoms with Gasteiger partial charge in [-0.2, -0.15) is 0 Å². The zero-order valence-electron chi connectivity index (χ0n) is 12.3. The monoisotopic (exact) mass is 287 g/mol. The molecule has 1 aromatic carbocycles. The number of hydrogen-bond acceptors (Lipinski definition) is 3. The van der Waals surface area contributed by atoms with Crippen LogP contribution in [0.5, 0.6) is 0 Å². The molecule has 1 saturated heterocycles. The predicted molar refractivity (Wildman–Crippen MR) is 81.1 cm³/mol. The fourth-order valence-corrected chi connectivity index (χ4v) is 3.31. The summed E-state index contributed by atoms with van der Waals surface area (Å²) in [5.41, 5.74) is 2.15. The topological polar surface area (TPSA) is 61.4 Å². The Morgan fingerprint density at radius 2 is 2.14 bits per heavy atom. The highest BCUT2D eigenvalue weighted by Crippen LogP contribution is 2.32. The van der Waals surface area contributed by atoms with Gasteiger partial charge in [0.05, 0.1) is 5.92 Å². The minimum atomic E-state index is -0.0997. The quantitative estimate of drug-likeness (QED) is 0.862. The summed E-state index contributed by atoms with van der Waals surface area (Å²) in [5, 5.41) is 6.22.